The molecule has 0 heterocycles. The van der Waals surface area contributed by atoms with Crippen LogP contribution in [0.25, 0.3) is 0 Å². The lowest BCUT2D eigenvalue weighted by atomic mass is 9.96. The molecule has 3 heteroatoms. The number of halogens is 2. The molecule has 0 spiro atoms. The van der Waals surface area contributed by atoms with Gasteiger partial charge in [0.05, 0.1) is 0 Å². The van der Waals surface area contributed by atoms with Gasteiger partial charge in [0.1, 0.15) is 5.82 Å². The molecule has 0 amide bonds. The normalized spacial score (nSPS) is 12.4. The summed E-state index contributed by atoms with van der Waals surface area (Å²) in [6, 6.07) is 11.7. The molecule has 0 aliphatic heterocycles. The number of benzene rings is 2. The molecule has 0 radical (unpaired) electrons. The summed E-state index contributed by atoms with van der Waals surface area (Å²) in [5.74, 6) is -0.181. The second-order valence-corrected chi connectivity index (χ2v) is 6.29. The lowest BCUT2D eigenvalue weighted by Gasteiger charge is -2.19. The van der Waals surface area contributed by atoms with Gasteiger partial charge in [-0.1, -0.05) is 24.3 Å². The highest BCUT2D eigenvalue weighted by Gasteiger charge is 2.14. The van der Waals surface area contributed by atoms with Crippen molar-refractivity contribution in [3.8, 4) is 0 Å². The number of likely N-dealkylation sites (N-methyl/N-ethyl adjacent to an activating group) is 1. The smallest absolute Gasteiger partial charge is 0.124 e. The molecule has 0 saturated heterocycles. The third kappa shape index (κ3) is 3.58. The minimum Gasteiger partial charge on any atom is -0.313 e. The number of hydrogen-bond acceptors (Lipinski definition) is 1. The lowest BCUT2D eigenvalue weighted by Crippen LogP contribution is -2.20. The summed E-state index contributed by atoms with van der Waals surface area (Å²) < 4.78 is 14.2. The zero-order valence-corrected chi connectivity index (χ0v) is 14.2. The van der Waals surface area contributed by atoms with Crippen molar-refractivity contribution in [3.63, 3.8) is 0 Å². The Kier molecular flexibility index (Phi) is 5.16. The molecule has 0 saturated carbocycles. The van der Waals surface area contributed by atoms with E-state index in [2.05, 4.69) is 60.0 Å². The molecule has 20 heavy (non-hydrogen) atoms. The zero-order chi connectivity index (χ0) is 14.7. The van der Waals surface area contributed by atoms with E-state index in [0.717, 1.165) is 15.6 Å². The Balaban J connectivity index is 2.26. The van der Waals surface area contributed by atoms with Gasteiger partial charge in [0, 0.05) is 9.61 Å². The Morgan fingerprint density at radius 3 is 2.45 bits per heavy atom. The average Bonchev–Trinajstić information content (AvgIpc) is 2.41. The fraction of sp³-hybridized carbons (Fsp3) is 0.294. The van der Waals surface area contributed by atoms with E-state index < -0.39 is 0 Å². The molecular formula is C17H19FIN. The van der Waals surface area contributed by atoms with Crippen LogP contribution in [0.2, 0.25) is 0 Å². The van der Waals surface area contributed by atoms with Gasteiger partial charge in [-0.25, -0.2) is 4.39 Å². The predicted molar refractivity (Wildman–Crippen MR) is 90.5 cm³/mol. The largest absolute Gasteiger partial charge is 0.313 e. The van der Waals surface area contributed by atoms with Crippen molar-refractivity contribution in [1.82, 2.24) is 5.32 Å². The maximum atomic E-state index is 13.2. The number of hydrogen-bond donors (Lipinski definition) is 1. The van der Waals surface area contributed by atoms with Crippen LogP contribution in [-0.4, -0.2) is 7.05 Å². The molecule has 2 aromatic rings. The van der Waals surface area contributed by atoms with Crippen LogP contribution in [0.4, 0.5) is 4.39 Å². The van der Waals surface area contributed by atoms with Crippen LogP contribution in [-0.2, 0) is 6.42 Å². The van der Waals surface area contributed by atoms with Crippen LogP contribution >= 0.6 is 22.6 Å². The Labute approximate surface area is 133 Å². The Bertz CT molecular complexity index is 610. The SMILES string of the molecule is CNC(Cc1ccc(C)c(C)c1)c1ccc(F)cc1I. The molecule has 0 aliphatic rings. The number of rotatable bonds is 4. The van der Waals surface area contributed by atoms with Gasteiger partial charge in [0.15, 0.2) is 0 Å². The molecule has 1 atom stereocenters. The molecule has 0 aromatic heterocycles. The first-order valence-electron chi connectivity index (χ1n) is 6.69. The van der Waals surface area contributed by atoms with Gasteiger partial charge in [-0.15, -0.1) is 0 Å². The first-order chi connectivity index (χ1) is 9.51. The van der Waals surface area contributed by atoms with Gasteiger partial charge in [0.2, 0.25) is 0 Å². The van der Waals surface area contributed by atoms with Crippen molar-refractivity contribution < 1.29 is 4.39 Å². The van der Waals surface area contributed by atoms with E-state index in [1.54, 1.807) is 6.07 Å². The van der Waals surface area contributed by atoms with Crippen LogP contribution in [0.1, 0.15) is 28.3 Å². The Morgan fingerprint density at radius 1 is 1.10 bits per heavy atom. The first kappa shape index (κ1) is 15.4. The third-order valence-electron chi connectivity index (χ3n) is 3.70. The van der Waals surface area contributed by atoms with E-state index in [1.807, 2.05) is 13.1 Å². The van der Waals surface area contributed by atoms with Crippen molar-refractivity contribution >= 4 is 22.6 Å². The fourth-order valence-electron chi connectivity index (χ4n) is 2.32. The van der Waals surface area contributed by atoms with E-state index in [9.17, 15) is 4.39 Å². The lowest BCUT2D eigenvalue weighted by molar-refractivity contribution is 0.582. The molecule has 0 aliphatic carbocycles. The van der Waals surface area contributed by atoms with Crippen LogP contribution in [0.5, 0.6) is 0 Å². The van der Waals surface area contributed by atoms with E-state index in [1.165, 1.54) is 22.8 Å². The molecule has 2 aromatic carbocycles. The topological polar surface area (TPSA) is 12.0 Å². The highest BCUT2D eigenvalue weighted by Crippen LogP contribution is 2.24. The monoisotopic (exact) mass is 383 g/mol. The molecular weight excluding hydrogens is 364 g/mol. The summed E-state index contributed by atoms with van der Waals surface area (Å²) >= 11 is 2.20. The maximum Gasteiger partial charge on any atom is 0.124 e. The van der Waals surface area contributed by atoms with Gasteiger partial charge in [-0.3, -0.25) is 0 Å². The summed E-state index contributed by atoms with van der Waals surface area (Å²) in [5, 5.41) is 3.33. The summed E-state index contributed by atoms with van der Waals surface area (Å²) in [6.45, 7) is 4.26. The molecule has 1 nitrogen and oxygen atoms in total. The summed E-state index contributed by atoms with van der Waals surface area (Å²) in [4.78, 5) is 0. The van der Waals surface area contributed by atoms with E-state index in [-0.39, 0.29) is 11.9 Å². The van der Waals surface area contributed by atoms with Crippen molar-refractivity contribution in [2.75, 3.05) is 7.05 Å². The second kappa shape index (κ2) is 6.68. The van der Waals surface area contributed by atoms with Gasteiger partial charge in [-0.05, 0) is 84.3 Å². The number of aryl methyl sites for hydroxylation is 2. The molecule has 0 fully saturated rings. The van der Waals surface area contributed by atoms with E-state index in [0.29, 0.717) is 0 Å². The zero-order valence-electron chi connectivity index (χ0n) is 12.0. The highest BCUT2D eigenvalue weighted by molar-refractivity contribution is 14.1. The predicted octanol–water partition coefficient (Wildman–Crippen LogP) is 4.55. The standard InChI is InChI=1S/C17H19FIN/c1-11-4-5-13(8-12(11)2)9-17(20-3)15-7-6-14(18)10-16(15)19/h4-8,10,17,20H,9H2,1-3H3. The molecule has 1 unspecified atom stereocenters. The van der Waals surface area contributed by atoms with Crippen molar-refractivity contribution in [1.29, 1.82) is 0 Å². The van der Waals surface area contributed by atoms with Crippen LogP contribution in [0, 0.1) is 23.2 Å². The molecule has 1 N–H and O–H groups in total. The van der Waals surface area contributed by atoms with E-state index in [4.69, 9.17) is 0 Å². The number of nitrogens with one attached hydrogen (secondary N) is 1. The second-order valence-electron chi connectivity index (χ2n) is 5.13. The van der Waals surface area contributed by atoms with Crippen LogP contribution in [0.15, 0.2) is 36.4 Å². The minimum absolute atomic E-state index is 0.181. The van der Waals surface area contributed by atoms with Crippen LogP contribution < -0.4 is 5.32 Å². The maximum absolute atomic E-state index is 13.2. The Hall–Kier alpha value is -0.940. The molecule has 2 rings (SSSR count). The highest BCUT2D eigenvalue weighted by atomic mass is 127. The Morgan fingerprint density at radius 2 is 1.85 bits per heavy atom. The summed E-state index contributed by atoms with van der Waals surface area (Å²) in [7, 11) is 1.95. The summed E-state index contributed by atoms with van der Waals surface area (Å²) in [5.41, 5.74) is 5.07. The van der Waals surface area contributed by atoms with Gasteiger partial charge < -0.3 is 5.32 Å². The van der Waals surface area contributed by atoms with Crippen LogP contribution in [0.3, 0.4) is 0 Å². The molecule has 0 bridgehead atoms. The average molecular weight is 383 g/mol. The first-order valence-corrected chi connectivity index (χ1v) is 7.77. The van der Waals surface area contributed by atoms with Crippen molar-refractivity contribution in [2.45, 2.75) is 26.3 Å². The molecule has 106 valence electrons. The third-order valence-corrected chi connectivity index (χ3v) is 4.63. The van der Waals surface area contributed by atoms with Gasteiger partial charge in [-0.2, -0.15) is 0 Å². The minimum atomic E-state index is -0.181. The summed E-state index contributed by atoms with van der Waals surface area (Å²) in [6.07, 6.45) is 0.902. The van der Waals surface area contributed by atoms with Gasteiger partial charge in [0.25, 0.3) is 0 Å². The van der Waals surface area contributed by atoms with Crippen molar-refractivity contribution in [2.24, 2.45) is 0 Å². The van der Waals surface area contributed by atoms with Gasteiger partial charge >= 0.3 is 0 Å². The van der Waals surface area contributed by atoms with E-state index >= 15 is 0 Å². The van der Waals surface area contributed by atoms with Crippen molar-refractivity contribution in [3.05, 3.63) is 68.0 Å². The fourth-order valence-corrected chi connectivity index (χ4v) is 3.17. The quantitative estimate of drug-likeness (QED) is 0.764.